The highest BCUT2D eigenvalue weighted by atomic mass is 32.1. The van der Waals surface area contributed by atoms with E-state index in [0.29, 0.717) is 16.3 Å². The van der Waals surface area contributed by atoms with E-state index in [2.05, 4.69) is 17.9 Å². The molecule has 0 saturated heterocycles. The van der Waals surface area contributed by atoms with Gasteiger partial charge in [-0.1, -0.05) is 30.3 Å². The second kappa shape index (κ2) is 6.86. The molecule has 0 aliphatic carbocycles. The van der Waals surface area contributed by atoms with Crippen LogP contribution >= 0.6 is 12.6 Å². The predicted molar refractivity (Wildman–Crippen MR) is 80.5 cm³/mol. The lowest BCUT2D eigenvalue weighted by Gasteiger charge is -2.10. The molecule has 0 radical (unpaired) electrons. The first-order valence-electron chi connectivity index (χ1n) is 6.04. The highest BCUT2D eigenvalue weighted by Gasteiger charge is 2.07. The largest absolute Gasteiger partial charge is 0.497 e. The monoisotopic (exact) mass is 289 g/mol. The third-order valence-corrected chi connectivity index (χ3v) is 3.02. The zero-order chi connectivity index (χ0) is 14.4. The van der Waals surface area contributed by atoms with Crippen LogP contribution in [0, 0.1) is 0 Å². The average Bonchev–Trinajstić information content (AvgIpc) is 2.48. The smallest absolute Gasteiger partial charge is 0.411 e. The summed E-state index contributed by atoms with van der Waals surface area (Å²) in [7, 11) is 1.57. The Morgan fingerprint density at radius 3 is 2.60 bits per heavy atom. The highest BCUT2D eigenvalue weighted by Crippen LogP contribution is 2.25. The Morgan fingerprint density at radius 1 is 1.20 bits per heavy atom. The molecule has 2 aromatic carbocycles. The van der Waals surface area contributed by atoms with Gasteiger partial charge in [0.05, 0.1) is 12.8 Å². The molecule has 0 fully saturated rings. The summed E-state index contributed by atoms with van der Waals surface area (Å²) < 4.78 is 10.2. The first-order chi connectivity index (χ1) is 9.69. The van der Waals surface area contributed by atoms with Gasteiger partial charge < -0.3 is 9.47 Å². The molecule has 0 aromatic heterocycles. The van der Waals surface area contributed by atoms with Gasteiger partial charge in [0.25, 0.3) is 0 Å². The minimum absolute atomic E-state index is 0.227. The molecule has 0 atom stereocenters. The van der Waals surface area contributed by atoms with Crippen LogP contribution in [-0.2, 0) is 11.3 Å². The van der Waals surface area contributed by atoms with Crippen molar-refractivity contribution in [1.82, 2.24) is 0 Å². The van der Waals surface area contributed by atoms with Gasteiger partial charge in [-0.05, 0) is 23.8 Å². The Labute approximate surface area is 123 Å². The van der Waals surface area contributed by atoms with Crippen LogP contribution < -0.4 is 10.1 Å². The summed E-state index contributed by atoms with van der Waals surface area (Å²) >= 11 is 4.28. The van der Waals surface area contributed by atoms with Gasteiger partial charge in [-0.2, -0.15) is 0 Å². The number of carbonyl (C=O) groups is 1. The van der Waals surface area contributed by atoms with E-state index in [1.807, 2.05) is 30.3 Å². The third-order valence-electron chi connectivity index (χ3n) is 2.65. The molecule has 104 valence electrons. The van der Waals surface area contributed by atoms with Crippen LogP contribution in [0.3, 0.4) is 0 Å². The molecule has 4 nitrogen and oxygen atoms in total. The van der Waals surface area contributed by atoms with E-state index in [4.69, 9.17) is 9.47 Å². The van der Waals surface area contributed by atoms with Gasteiger partial charge in [0.1, 0.15) is 12.4 Å². The maximum absolute atomic E-state index is 11.7. The first kappa shape index (κ1) is 14.3. The molecule has 0 aliphatic heterocycles. The lowest BCUT2D eigenvalue weighted by molar-refractivity contribution is 0.155. The molecule has 0 heterocycles. The topological polar surface area (TPSA) is 47.6 Å². The fourth-order valence-corrected chi connectivity index (χ4v) is 1.87. The summed E-state index contributed by atoms with van der Waals surface area (Å²) in [6.45, 7) is 0.227. The number of methoxy groups -OCH3 is 1. The highest BCUT2D eigenvalue weighted by molar-refractivity contribution is 7.80. The minimum Gasteiger partial charge on any atom is -0.497 e. The lowest BCUT2D eigenvalue weighted by atomic mass is 10.2. The number of hydrogen-bond acceptors (Lipinski definition) is 4. The van der Waals surface area contributed by atoms with Crippen molar-refractivity contribution in [3.8, 4) is 5.75 Å². The zero-order valence-corrected chi connectivity index (χ0v) is 11.9. The molecule has 20 heavy (non-hydrogen) atoms. The van der Waals surface area contributed by atoms with Crippen molar-refractivity contribution in [2.75, 3.05) is 12.4 Å². The van der Waals surface area contributed by atoms with Crippen LogP contribution in [-0.4, -0.2) is 13.2 Å². The summed E-state index contributed by atoms with van der Waals surface area (Å²) in [6.07, 6.45) is -0.519. The number of amides is 1. The molecule has 5 heteroatoms. The predicted octanol–water partition coefficient (Wildman–Crippen LogP) is 3.73. The van der Waals surface area contributed by atoms with Gasteiger partial charge >= 0.3 is 6.09 Å². The summed E-state index contributed by atoms with van der Waals surface area (Å²) in [4.78, 5) is 12.3. The Bertz CT molecular complexity index is 587. The number of nitrogens with one attached hydrogen (secondary N) is 1. The molecule has 0 spiro atoms. The summed E-state index contributed by atoms with van der Waals surface area (Å²) in [6, 6.07) is 14.7. The molecule has 2 aromatic rings. The van der Waals surface area contributed by atoms with Crippen molar-refractivity contribution in [3.05, 3.63) is 54.1 Å². The van der Waals surface area contributed by atoms with Gasteiger partial charge in [0.15, 0.2) is 0 Å². The SMILES string of the molecule is COc1ccc(NC(=O)OCc2ccccc2)c(S)c1. The van der Waals surface area contributed by atoms with Crippen LogP contribution in [0.1, 0.15) is 5.56 Å². The molecule has 0 aliphatic rings. The average molecular weight is 289 g/mol. The second-order valence-electron chi connectivity index (χ2n) is 4.07. The maximum Gasteiger partial charge on any atom is 0.411 e. The Hall–Kier alpha value is -2.14. The molecule has 1 amide bonds. The van der Waals surface area contributed by atoms with Crippen molar-refractivity contribution in [2.45, 2.75) is 11.5 Å². The van der Waals surface area contributed by atoms with E-state index in [0.717, 1.165) is 5.56 Å². The lowest BCUT2D eigenvalue weighted by Crippen LogP contribution is -2.13. The maximum atomic E-state index is 11.7. The molecular weight excluding hydrogens is 274 g/mol. The van der Waals surface area contributed by atoms with Crippen LogP contribution in [0.25, 0.3) is 0 Å². The number of carbonyl (C=O) groups excluding carboxylic acids is 1. The van der Waals surface area contributed by atoms with Gasteiger partial charge in [-0.15, -0.1) is 12.6 Å². The molecule has 0 unspecified atom stereocenters. The standard InChI is InChI=1S/C15H15NO3S/c1-18-12-7-8-13(14(20)9-12)16-15(17)19-10-11-5-3-2-4-6-11/h2-9,20H,10H2,1H3,(H,16,17). The third kappa shape index (κ3) is 3.93. The number of hydrogen-bond donors (Lipinski definition) is 2. The molecule has 2 rings (SSSR count). The molecular formula is C15H15NO3S. The second-order valence-corrected chi connectivity index (χ2v) is 4.55. The van der Waals surface area contributed by atoms with E-state index in [1.165, 1.54) is 0 Å². The van der Waals surface area contributed by atoms with Crippen molar-refractivity contribution >= 4 is 24.4 Å². The Kier molecular flexibility index (Phi) is 4.90. The van der Waals surface area contributed by atoms with Gasteiger partial charge in [-0.25, -0.2) is 4.79 Å². The van der Waals surface area contributed by atoms with E-state index < -0.39 is 6.09 Å². The zero-order valence-electron chi connectivity index (χ0n) is 11.0. The number of rotatable bonds is 4. The number of anilines is 1. The Balaban J connectivity index is 1.91. The fraction of sp³-hybridized carbons (Fsp3) is 0.133. The van der Waals surface area contributed by atoms with E-state index >= 15 is 0 Å². The number of thiol groups is 1. The van der Waals surface area contributed by atoms with Gasteiger partial charge in [0.2, 0.25) is 0 Å². The molecule has 1 N–H and O–H groups in total. The van der Waals surface area contributed by atoms with E-state index in [1.54, 1.807) is 25.3 Å². The summed E-state index contributed by atoms with van der Waals surface area (Å²) in [5.41, 5.74) is 1.51. The number of ether oxygens (including phenoxy) is 2. The molecule has 0 bridgehead atoms. The van der Waals surface area contributed by atoms with Crippen LogP contribution in [0.2, 0.25) is 0 Å². The first-order valence-corrected chi connectivity index (χ1v) is 6.48. The van der Waals surface area contributed by atoms with Crippen molar-refractivity contribution < 1.29 is 14.3 Å². The van der Waals surface area contributed by atoms with Gasteiger partial charge in [0, 0.05) is 4.90 Å². The fourth-order valence-electron chi connectivity index (χ4n) is 1.61. The number of benzene rings is 2. The van der Waals surface area contributed by atoms with Crippen molar-refractivity contribution in [1.29, 1.82) is 0 Å². The van der Waals surface area contributed by atoms with E-state index in [9.17, 15) is 4.79 Å². The van der Waals surface area contributed by atoms with Crippen molar-refractivity contribution in [2.24, 2.45) is 0 Å². The van der Waals surface area contributed by atoms with Crippen LogP contribution in [0.4, 0.5) is 10.5 Å². The van der Waals surface area contributed by atoms with Gasteiger partial charge in [-0.3, -0.25) is 5.32 Å². The molecule has 0 saturated carbocycles. The van der Waals surface area contributed by atoms with Crippen LogP contribution in [0.15, 0.2) is 53.4 Å². The van der Waals surface area contributed by atoms with Crippen molar-refractivity contribution in [3.63, 3.8) is 0 Å². The van der Waals surface area contributed by atoms with Crippen LogP contribution in [0.5, 0.6) is 5.75 Å². The minimum atomic E-state index is -0.519. The normalized spacial score (nSPS) is 9.90. The van der Waals surface area contributed by atoms with E-state index in [-0.39, 0.29) is 6.61 Å². The summed E-state index contributed by atoms with van der Waals surface area (Å²) in [5.74, 6) is 0.679. The quantitative estimate of drug-likeness (QED) is 0.843. The Morgan fingerprint density at radius 2 is 1.95 bits per heavy atom. The summed E-state index contributed by atoms with van der Waals surface area (Å²) in [5, 5.41) is 2.64.